The van der Waals surface area contributed by atoms with Gasteiger partial charge in [0.05, 0.1) is 16.4 Å². The van der Waals surface area contributed by atoms with Crippen molar-refractivity contribution in [3.8, 4) is 11.8 Å². The molecule has 4 nitrogen and oxygen atoms in total. The van der Waals surface area contributed by atoms with Gasteiger partial charge in [-0.15, -0.1) is 11.3 Å². The number of carbonyl (C=O) groups is 1. The van der Waals surface area contributed by atoms with Crippen molar-refractivity contribution in [2.24, 2.45) is 0 Å². The molecule has 1 amide bonds. The van der Waals surface area contributed by atoms with Gasteiger partial charge in [0.1, 0.15) is 0 Å². The van der Waals surface area contributed by atoms with E-state index in [1.54, 1.807) is 12.3 Å². The number of aryl methyl sites for hydroxylation is 2. The zero-order valence-corrected chi connectivity index (χ0v) is 12.8. The molecule has 0 unspecified atom stereocenters. The van der Waals surface area contributed by atoms with Gasteiger partial charge in [-0.2, -0.15) is 0 Å². The molecule has 21 heavy (non-hydrogen) atoms. The molecule has 2 aromatic rings. The molecule has 0 saturated heterocycles. The number of nitrogens with one attached hydrogen (secondary N) is 1. The van der Waals surface area contributed by atoms with Crippen LogP contribution in [-0.2, 0) is 0 Å². The lowest BCUT2D eigenvalue weighted by Gasteiger charge is -2.03. The molecule has 5 heteroatoms. The summed E-state index contributed by atoms with van der Waals surface area (Å²) in [4.78, 5) is 17.8. The molecule has 0 aliphatic heterocycles. The van der Waals surface area contributed by atoms with E-state index in [0.717, 1.165) is 21.8 Å². The molecule has 0 fully saturated rings. The average molecular weight is 300 g/mol. The van der Waals surface area contributed by atoms with Crippen LogP contribution in [0.3, 0.4) is 0 Å². The summed E-state index contributed by atoms with van der Waals surface area (Å²) < 4.78 is 0. The molecule has 0 spiro atoms. The third-order valence-corrected chi connectivity index (χ3v) is 3.89. The molecule has 0 saturated carbocycles. The van der Waals surface area contributed by atoms with Gasteiger partial charge in [0, 0.05) is 24.0 Å². The van der Waals surface area contributed by atoms with E-state index >= 15 is 0 Å². The molecule has 108 valence electrons. The molecule has 2 aromatic heterocycles. The molecular formula is C16H16N2O2S. The van der Waals surface area contributed by atoms with Crippen molar-refractivity contribution in [3.05, 3.63) is 45.4 Å². The van der Waals surface area contributed by atoms with Crippen molar-refractivity contribution in [2.45, 2.75) is 20.3 Å². The summed E-state index contributed by atoms with van der Waals surface area (Å²) in [6.07, 6.45) is 2.10. The Morgan fingerprint density at radius 2 is 2.24 bits per heavy atom. The van der Waals surface area contributed by atoms with Crippen molar-refractivity contribution in [1.29, 1.82) is 0 Å². The smallest absolute Gasteiger partial charge is 0.265 e. The van der Waals surface area contributed by atoms with E-state index in [1.165, 1.54) is 11.3 Å². The van der Waals surface area contributed by atoms with Crippen molar-refractivity contribution < 1.29 is 9.90 Å². The van der Waals surface area contributed by atoms with E-state index < -0.39 is 0 Å². The van der Waals surface area contributed by atoms with Crippen LogP contribution in [0.25, 0.3) is 0 Å². The minimum absolute atomic E-state index is 0.0478. The normalized spacial score (nSPS) is 9.86. The van der Waals surface area contributed by atoms with Crippen LogP contribution in [0.4, 0.5) is 5.69 Å². The fourth-order valence-corrected chi connectivity index (χ4v) is 2.68. The first-order valence-electron chi connectivity index (χ1n) is 6.54. The summed E-state index contributed by atoms with van der Waals surface area (Å²) in [6, 6.07) is 5.41. The highest BCUT2D eigenvalue weighted by Crippen LogP contribution is 2.22. The maximum Gasteiger partial charge on any atom is 0.265 e. The maximum absolute atomic E-state index is 12.2. The van der Waals surface area contributed by atoms with Crippen molar-refractivity contribution in [1.82, 2.24) is 4.98 Å². The number of anilines is 1. The molecule has 0 radical (unpaired) electrons. The Kier molecular flexibility index (Phi) is 5.09. The maximum atomic E-state index is 12.2. The minimum Gasteiger partial charge on any atom is -0.395 e. The summed E-state index contributed by atoms with van der Waals surface area (Å²) >= 11 is 1.36. The van der Waals surface area contributed by atoms with Gasteiger partial charge in [0.15, 0.2) is 0 Å². The predicted octanol–water partition coefficient (Wildman–Crippen LogP) is 2.75. The molecular weight excluding hydrogens is 284 g/mol. The summed E-state index contributed by atoms with van der Waals surface area (Å²) in [7, 11) is 0. The molecule has 0 atom stereocenters. The van der Waals surface area contributed by atoms with Gasteiger partial charge in [-0.3, -0.25) is 9.78 Å². The zero-order chi connectivity index (χ0) is 15.2. The van der Waals surface area contributed by atoms with Crippen LogP contribution in [-0.4, -0.2) is 22.6 Å². The standard InChI is InChI=1S/C16H16N2O2S/c1-11-9-15(21-14(11)5-3-4-8-19)16(20)18-13-6-7-17-12(2)10-13/h6-7,9-10,19H,4,8H2,1-2H3,(H,17,18,20). The van der Waals surface area contributed by atoms with Crippen LogP contribution in [0.15, 0.2) is 24.4 Å². The number of carbonyl (C=O) groups excluding carboxylic acids is 1. The molecule has 0 bridgehead atoms. The quantitative estimate of drug-likeness (QED) is 0.857. The van der Waals surface area contributed by atoms with E-state index in [0.29, 0.717) is 11.3 Å². The predicted molar refractivity (Wildman–Crippen MR) is 84.6 cm³/mol. The van der Waals surface area contributed by atoms with Crippen molar-refractivity contribution in [2.75, 3.05) is 11.9 Å². The van der Waals surface area contributed by atoms with E-state index in [1.807, 2.05) is 26.0 Å². The first-order chi connectivity index (χ1) is 10.1. The average Bonchev–Trinajstić information content (AvgIpc) is 2.81. The Balaban J connectivity index is 2.13. The number of nitrogens with zero attached hydrogens (tertiary/aromatic N) is 1. The number of hydrogen-bond donors (Lipinski definition) is 2. The lowest BCUT2D eigenvalue weighted by molar-refractivity contribution is 0.103. The van der Waals surface area contributed by atoms with Crippen molar-refractivity contribution in [3.63, 3.8) is 0 Å². The van der Waals surface area contributed by atoms with Gasteiger partial charge in [0.25, 0.3) is 5.91 Å². The monoisotopic (exact) mass is 300 g/mol. The summed E-state index contributed by atoms with van der Waals surface area (Å²) in [5, 5.41) is 11.6. The molecule has 0 aliphatic carbocycles. The Bertz CT molecular complexity index is 711. The minimum atomic E-state index is -0.149. The van der Waals surface area contributed by atoms with Gasteiger partial charge < -0.3 is 10.4 Å². The van der Waals surface area contributed by atoms with Crippen LogP contribution in [0.2, 0.25) is 0 Å². The number of rotatable bonds is 3. The Morgan fingerprint density at radius 1 is 1.43 bits per heavy atom. The largest absolute Gasteiger partial charge is 0.395 e. The van der Waals surface area contributed by atoms with Gasteiger partial charge in [-0.25, -0.2) is 0 Å². The second-order valence-electron chi connectivity index (χ2n) is 4.54. The van der Waals surface area contributed by atoms with E-state index in [4.69, 9.17) is 5.11 Å². The number of aliphatic hydroxyl groups excluding tert-OH is 1. The highest BCUT2D eigenvalue weighted by molar-refractivity contribution is 7.14. The Labute approximate surface area is 127 Å². The summed E-state index contributed by atoms with van der Waals surface area (Å²) in [5.41, 5.74) is 2.55. The molecule has 2 heterocycles. The van der Waals surface area contributed by atoms with Crippen molar-refractivity contribution >= 4 is 22.9 Å². The summed E-state index contributed by atoms with van der Waals surface area (Å²) in [5.74, 6) is 5.70. The zero-order valence-electron chi connectivity index (χ0n) is 11.9. The molecule has 0 aliphatic rings. The molecule has 0 aromatic carbocycles. The number of amides is 1. The van der Waals surface area contributed by atoms with Gasteiger partial charge in [0.2, 0.25) is 0 Å². The van der Waals surface area contributed by atoms with Gasteiger partial charge in [-0.05, 0) is 37.6 Å². The highest BCUT2D eigenvalue weighted by Gasteiger charge is 2.11. The third kappa shape index (κ3) is 4.15. The SMILES string of the molecule is Cc1cc(NC(=O)c2cc(C)c(C#CCCO)s2)ccn1. The first kappa shape index (κ1) is 15.2. The van der Waals surface area contributed by atoms with Crippen LogP contribution in [0.1, 0.15) is 32.2 Å². The highest BCUT2D eigenvalue weighted by atomic mass is 32.1. The van der Waals surface area contributed by atoms with Gasteiger partial charge >= 0.3 is 0 Å². The fourth-order valence-electron chi connectivity index (χ4n) is 1.73. The van der Waals surface area contributed by atoms with Crippen LogP contribution >= 0.6 is 11.3 Å². The Hall–Kier alpha value is -2.16. The molecule has 2 rings (SSSR count). The number of aromatic nitrogens is 1. The van der Waals surface area contributed by atoms with Crippen LogP contribution in [0.5, 0.6) is 0 Å². The fraction of sp³-hybridized carbons (Fsp3) is 0.250. The summed E-state index contributed by atoms with van der Waals surface area (Å²) in [6.45, 7) is 3.85. The lowest BCUT2D eigenvalue weighted by atomic mass is 10.2. The van der Waals surface area contributed by atoms with E-state index in [-0.39, 0.29) is 12.5 Å². The van der Waals surface area contributed by atoms with Crippen LogP contribution in [0, 0.1) is 25.7 Å². The second-order valence-corrected chi connectivity index (χ2v) is 5.59. The first-order valence-corrected chi connectivity index (χ1v) is 7.36. The number of thiophene rings is 1. The van der Waals surface area contributed by atoms with Gasteiger partial charge in [-0.1, -0.05) is 11.8 Å². The van der Waals surface area contributed by atoms with E-state index in [9.17, 15) is 4.79 Å². The number of aliphatic hydroxyl groups is 1. The second kappa shape index (κ2) is 7.02. The third-order valence-electron chi connectivity index (χ3n) is 2.73. The Morgan fingerprint density at radius 3 is 2.95 bits per heavy atom. The number of hydrogen-bond acceptors (Lipinski definition) is 4. The molecule has 2 N–H and O–H groups in total. The number of pyridine rings is 1. The van der Waals surface area contributed by atoms with E-state index in [2.05, 4.69) is 22.1 Å². The lowest BCUT2D eigenvalue weighted by Crippen LogP contribution is -2.10. The van der Waals surface area contributed by atoms with Crippen LogP contribution < -0.4 is 5.32 Å². The topological polar surface area (TPSA) is 62.2 Å².